The predicted molar refractivity (Wildman–Crippen MR) is 127 cm³/mol. The van der Waals surface area contributed by atoms with Crippen molar-refractivity contribution in [2.75, 3.05) is 27.2 Å². The van der Waals surface area contributed by atoms with E-state index < -0.39 is 33.1 Å². The van der Waals surface area contributed by atoms with Crippen molar-refractivity contribution in [3.05, 3.63) is 0 Å². The van der Waals surface area contributed by atoms with Gasteiger partial charge in [0.2, 0.25) is 0 Å². The first-order valence-electron chi connectivity index (χ1n) is 10.1. The highest BCUT2D eigenvalue weighted by Crippen LogP contribution is 2.24. The minimum absolute atomic E-state index is 1.13. The standard InChI is InChI=1S/C18H48N2OSi4/c1-19(22(3,4)5)15-13-17-24(9,10)21-25(11,12)18-14-16-20(2)23(6,7)8/h13-18H2,1-12H3. The van der Waals surface area contributed by atoms with Crippen LogP contribution < -0.4 is 0 Å². The van der Waals surface area contributed by atoms with Gasteiger partial charge in [-0.1, -0.05) is 39.3 Å². The van der Waals surface area contributed by atoms with Gasteiger partial charge in [0.05, 0.1) is 0 Å². The van der Waals surface area contributed by atoms with E-state index in [1.54, 1.807) is 0 Å². The topological polar surface area (TPSA) is 15.7 Å². The predicted octanol–water partition coefficient (Wildman–Crippen LogP) is 5.73. The van der Waals surface area contributed by atoms with E-state index in [2.05, 4.69) is 88.7 Å². The minimum atomic E-state index is -1.53. The van der Waals surface area contributed by atoms with Crippen LogP contribution in [0.3, 0.4) is 0 Å². The normalized spacial score (nSPS) is 14.6. The van der Waals surface area contributed by atoms with Crippen LogP contribution in [0.4, 0.5) is 0 Å². The van der Waals surface area contributed by atoms with Gasteiger partial charge in [0, 0.05) is 0 Å². The molecule has 0 aromatic heterocycles. The third-order valence-corrected chi connectivity index (χ3v) is 18.0. The van der Waals surface area contributed by atoms with Crippen LogP contribution in [0.5, 0.6) is 0 Å². The van der Waals surface area contributed by atoms with E-state index in [4.69, 9.17) is 4.12 Å². The monoisotopic (exact) mass is 420 g/mol. The summed E-state index contributed by atoms with van der Waals surface area (Å²) < 4.78 is 12.0. The van der Waals surface area contributed by atoms with Gasteiger partial charge in [0.1, 0.15) is 16.5 Å². The molecule has 0 rings (SSSR count). The molecule has 0 N–H and O–H groups in total. The van der Waals surface area contributed by atoms with E-state index in [9.17, 15) is 0 Å². The zero-order chi connectivity index (χ0) is 20.1. The second kappa shape index (κ2) is 9.79. The van der Waals surface area contributed by atoms with Gasteiger partial charge in [0.15, 0.2) is 16.6 Å². The summed E-state index contributed by atoms with van der Waals surface area (Å²) in [7, 11) is -0.729. The van der Waals surface area contributed by atoms with Crippen LogP contribution in [0.1, 0.15) is 12.8 Å². The molecular formula is C18H48N2OSi4. The minimum Gasteiger partial charge on any atom is -0.455 e. The van der Waals surface area contributed by atoms with Crippen LogP contribution in [0.25, 0.3) is 0 Å². The Morgan fingerprint density at radius 2 is 0.840 bits per heavy atom. The molecule has 0 aliphatic rings. The maximum Gasteiger partial charge on any atom is 0.173 e. The molecular weight excluding hydrogens is 373 g/mol. The van der Waals surface area contributed by atoms with Crippen LogP contribution in [0.15, 0.2) is 0 Å². The third-order valence-electron chi connectivity index (χ3n) is 5.39. The van der Waals surface area contributed by atoms with E-state index >= 15 is 0 Å². The van der Waals surface area contributed by atoms with Crippen molar-refractivity contribution < 1.29 is 4.12 Å². The quantitative estimate of drug-likeness (QED) is 0.375. The van der Waals surface area contributed by atoms with Gasteiger partial charge < -0.3 is 13.2 Å². The van der Waals surface area contributed by atoms with Gasteiger partial charge in [-0.2, -0.15) is 0 Å². The maximum atomic E-state index is 6.82. The van der Waals surface area contributed by atoms with Crippen LogP contribution in [-0.4, -0.2) is 69.4 Å². The second-order valence-electron chi connectivity index (χ2n) is 11.0. The fourth-order valence-corrected chi connectivity index (χ4v) is 13.5. The summed E-state index contributed by atoms with van der Waals surface area (Å²) in [5.41, 5.74) is 0. The molecule has 0 spiro atoms. The molecule has 7 heteroatoms. The van der Waals surface area contributed by atoms with Crippen molar-refractivity contribution >= 4 is 33.1 Å². The summed E-state index contributed by atoms with van der Waals surface area (Å²) in [6.45, 7) is 26.8. The molecule has 0 aromatic rings. The Labute approximate surface area is 164 Å². The van der Waals surface area contributed by atoms with Crippen LogP contribution in [-0.2, 0) is 4.12 Å². The highest BCUT2D eigenvalue weighted by atomic mass is 28.4. The molecule has 0 bridgehead atoms. The highest BCUT2D eigenvalue weighted by molar-refractivity contribution is 6.84. The van der Waals surface area contributed by atoms with Gasteiger partial charge in [-0.15, -0.1) is 0 Å². The first-order chi connectivity index (χ1) is 11.0. The van der Waals surface area contributed by atoms with Gasteiger partial charge in [-0.05, 0) is 78.3 Å². The van der Waals surface area contributed by atoms with Crippen molar-refractivity contribution in [3.63, 3.8) is 0 Å². The highest BCUT2D eigenvalue weighted by Gasteiger charge is 2.33. The fraction of sp³-hybridized carbons (Fsp3) is 1.00. The zero-order valence-corrected chi connectivity index (χ0v) is 23.5. The van der Waals surface area contributed by atoms with E-state index in [1.165, 1.54) is 38.0 Å². The Morgan fingerprint density at radius 1 is 0.560 bits per heavy atom. The summed E-state index contributed by atoms with van der Waals surface area (Å²) >= 11 is 0. The molecule has 0 amide bonds. The fourth-order valence-electron chi connectivity index (χ4n) is 3.00. The summed E-state index contributed by atoms with van der Waals surface area (Å²) in [6.07, 6.45) is 2.59. The van der Waals surface area contributed by atoms with E-state index in [0.717, 1.165) is 0 Å². The van der Waals surface area contributed by atoms with Gasteiger partial charge in [0.25, 0.3) is 0 Å². The Balaban J connectivity index is 4.32. The summed E-state index contributed by atoms with van der Waals surface area (Å²) in [5, 5.41) is 0. The molecule has 0 atom stereocenters. The summed E-state index contributed by atoms with van der Waals surface area (Å²) in [4.78, 5) is 0. The lowest BCUT2D eigenvalue weighted by Gasteiger charge is -2.36. The van der Waals surface area contributed by atoms with Gasteiger partial charge in [-0.25, -0.2) is 0 Å². The molecule has 0 unspecified atom stereocenters. The van der Waals surface area contributed by atoms with Crippen LogP contribution in [0.2, 0.25) is 77.6 Å². The summed E-state index contributed by atoms with van der Waals surface area (Å²) in [5.74, 6) is 0. The van der Waals surface area contributed by atoms with Gasteiger partial charge >= 0.3 is 0 Å². The van der Waals surface area contributed by atoms with Crippen LogP contribution in [0, 0.1) is 0 Å². The zero-order valence-electron chi connectivity index (χ0n) is 19.5. The van der Waals surface area contributed by atoms with Crippen molar-refractivity contribution in [1.29, 1.82) is 0 Å². The molecule has 152 valence electrons. The molecule has 0 fully saturated rings. The lowest BCUT2D eigenvalue weighted by Crippen LogP contribution is -2.47. The molecule has 25 heavy (non-hydrogen) atoms. The SMILES string of the molecule is CN(CCC[Si](C)(C)O[Si](C)(C)CCCN(C)[Si](C)(C)C)[Si](C)(C)C. The number of hydrogen-bond acceptors (Lipinski definition) is 3. The molecule has 0 aliphatic carbocycles. The second-order valence-corrected chi connectivity index (χ2v) is 30.1. The molecule has 0 radical (unpaired) electrons. The smallest absolute Gasteiger partial charge is 0.173 e. The molecule has 0 aliphatic heterocycles. The molecule has 0 saturated heterocycles. The van der Waals surface area contributed by atoms with E-state index in [-0.39, 0.29) is 0 Å². The Morgan fingerprint density at radius 3 is 1.08 bits per heavy atom. The molecule has 0 aromatic carbocycles. The average molecular weight is 421 g/mol. The third kappa shape index (κ3) is 11.9. The average Bonchev–Trinajstić information content (AvgIpc) is 2.34. The molecule has 0 saturated carbocycles. The van der Waals surface area contributed by atoms with Crippen molar-refractivity contribution in [2.45, 2.75) is 90.4 Å². The largest absolute Gasteiger partial charge is 0.455 e. The first kappa shape index (κ1) is 25.7. The first-order valence-corrected chi connectivity index (χ1v) is 23.2. The number of nitrogens with zero attached hydrogens (tertiary/aromatic N) is 2. The molecule has 0 heterocycles. The van der Waals surface area contributed by atoms with Crippen LogP contribution >= 0.6 is 0 Å². The number of hydrogen-bond donors (Lipinski definition) is 0. The van der Waals surface area contributed by atoms with Crippen molar-refractivity contribution in [2.24, 2.45) is 0 Å². The van der Waals surface area contributed by atoms with Crippen molar-refractivity contribution in [3.8, 4) is 0 Å². The maximum absolute atomic E-state index is 6.82. The Hall–Kier alpha value is 0.748. The Kier molecular flexibility index (Phi) is 10.1. The van der Waals surface area contributed by atoms with Crippen molar-refractivity contribution in [1.82, 2.24) is 9.13 Å². The van der Waals surface area contributed by atoms with E-state index in [0.29, 0.717) is 0 Å². The lowest BCUT2D eigenvalue weighted by molar-refractivity contribution is 0.475. The Bertz CT molecular complexity index is 354. The molecule has 3 nitrogen and oxygen atoms in total. The summed E-state index contributed by atoms with van der Waals surface area (Å²) in [6, 6.07) is 2.60. The number of rotatable bonds is 12. The van der Waals surface area contributed by atoms with Gasteiger partial charge in [-0.3, -0.25) is 0 Å². The lowest BCUT2D eigenvalue weighted by atomic mass is 10.5. The van der Waals surface area contributed by atoms with E-state index in [1.807, 2.05) is 0 Å².